The van der Waals surface area contributed by atoms with Crippen LogP contribution >= 0.6 is 0 Å². The van der Waals surface area contributed by atoms with Crippen LogP contribution in [0.1, 0.15) is 24.0 Å². The predicted octanol–water partition coefficient (Wildman–Crippen LogP) is 1.08. The molecule has 0 radical (unpaired) electrons. The molecule has 0 bridgehead atoms. The normalized spacial score (nSPS) is 15.3. The summed E-state index contributed by atoms with van der Waals surface area (Å²) in [6.07, 6.45) is 6.29. The van der Waals surface area contributed by atoms with Crippen LogP contribution in [0.15, 0.2) is 29.3 Å². The Bertz CT molecular complexity index is 765. The standard InChI is InChI=1S/C16H18N6O/c17-8-13-10-20-16(21-15(13)18)22-5-3-11(4-6-22)7-12-1-2-14(23)19-9-12/h1-2,9-11H,3-7H2,(H,19,23)(H2,18,20,21). The van der Waals surface area contributed by atoms with Crippen LogP contribution < -0.4 is 16.2 Å². The number of aromatic amines is 1. The predicted molar refractivity (Wildman–Crippen MR) is 86.9 cm³/mol. The molecule has 1 aliphatic heterocycles. The Hall–Kier alpha value is -2.88. The first-order chi connectivity index (χ1) is 11.2. The summed E-state index contributed by atoms with van der Waals surface area (Å²) in [6.45, 7) is 1.72. The second-order valence-corrected chi connectivity index (χ2v) is 5.78. The van der Waals surface area contributed by atoms with Crippen molar-refractivity contribution in [2.24, 2.45) is 5.92 Å². The molecule has 3 rings (SSSR count). The summed E-state index contributed by atoms with van der Waals surface area (Å²) in [5.41, 5.74) is 7.14. The van der Waals surface area contributed by atoms with Gasteiger partial charge in [0.15, 0.2) is 0 Å². The highest BCUT2D eigenvalue weighted by atomic mass is 16.1. The van der Waals surface area contributed by atoms with Gasteiger partial charge in [0.25, 0.3) is 0 Å². The first kappa shape index (κ1) is 15.0. The number of nitrogens with one attached hydrogen (secondary N) is 1. The number of H-pyrrole nitrogens is 1. The minimum atomic E-state index is -0.0703. The van der Waals surface area contributed by atoms with Gasteiger partial charge in [0.2, 0.25) is 11.5 Å². The maximum atomic E-state index is 11.1. The van der Waals surface area contributed by atoms with Crippen molar-refractivity contribution in [2.45, 2.75) is 19.3 Å². The summed E-state index contributed by atoms with van der Waals surface area (Å²) in [5.74, 6) is 1.39. The minimum absolute atomic E-state index is 0.0703. The van der Waals surface area contributed by atoms with E-state index in [4.69, 9.17) is 11.0 Å². The van der Waals surface area contributed by atoms with Crippen molar-refractivity contribution in [3.63, 3.8) is 0 Å². The van der Waals surface area contributed by atoms with E-state index in [0.29, 0.717) is 17.4 Å². The van der Waals surface area contributed by atoms with Gasteiger partial charge in [-0.05, 0) is 30.7 Å². The molecule has 0 unspecified atom stereocenters. The number of piperidine rings is 1. The molecule has 7 nitrogen and oxygen atoms in total. The number of anilines is 2. The number of nitriles is 1. The molecule has 2 aromatic heterocycles. The third-order valence-corrected chi connectivity index (χ3v) is 4.20. The van der Waals surface area contributed by atoms with Crippen molar-refractivity contribution in [3.05, 3.63) is 46.0 Å². The van der Waals surface area contributed by atoms with E-state index in [-0.39, 0.29) is 11.4 Å². The summed E-state index contributed by atoms with van der Waals surface area (Å²) >= 11 is 0. The topological polar surface area (TPSA) is 112 Å². The van der Waals surface area contributed by atoms with Crippen molar-refractivity contribution in [3.8, 4) is 6.07 Å². The number of hydrogen-bond acceptors (Lipinski definition) is 6. The number of hydrogen-bond donors (Lipinski definition) is 2. The molecule has 0 atom stereocenters. The molecule has 2 aromatic rings. The lowest BCUT2D eigenvalue weighted by Gasteiger charge is -2.32. The lowest BCUT2D eigenvalue weighted by Crippen LogP contribution is -2.35. The van der Waals surface area contributed by atoms with Gasteiger partial charge in [0.05, 0.1) is 6.20 Å². The summed E-state index contributed by atoms with van der Waals surface area (Å²) in [7, 11) is 0. The van der Waals surface area contributed by atoms with Crippen LogP contribution in [0.3, 0.4) is 0 Å². The SMILES string of the molecule is N#Cc1cnc(N2CCC(Cc3ccc(=O)[nH]c3)CC2)nc1N. The molecular weight excluding hydrogens is 292 g/mol. The van der Waals surface area contributed by atoms with Gasteiger partial charge in [-0.3, -0.25) is 4.79 Å². The van der Waals surface area contributed by atoms with Gasteiger partial charge in [0, 0.05) is 25.4 Å². The van der Waals surface area contributed by atoms with Crippen molar-refractivity contribution >= 4 is 11.8 Å². The molecule has 0 aromatic carbocycles. The van der Waals surface area contributed by atoms with Crippen molar-refractivity contribution < 1.29 is 0 Å². The molecule has 0 spiro atoms. The van der Waals surface area contributed by atoms with Gasteiger partial charge < -0.3 is 15.6 Å². The Morgan fingerprint density at radius 3 is 2.78 bits per heavy atom. The Kier molecular flexibility index (Phi) is 4.24. The lowest BCUT2D eigenvalue weighted by atomic mass is 9.91. The lowest BCUT2D eigenvalue weighted by molar-refractivity contribution is 0.400. The molecule has 3 heterocycles. The number of nitrogens with two attached hydrogens (primary N) is 1. The highest BCUT2D eigenvalue weighted by molar-refractivity contribution is 5.50. The van der Waals surface area contributed by atoms with Crippen LogP contribution in [-0.4, -0.2) is 28.0 Å². The van der Waals surface area contributed by atoms with E-state index in [9.17, 15) is 4.79 Å². The quantitative estimate of drug-likeness (QED) is 0.877. The Morgan fingerprint density at radius 2 is 2.17 bits per heavy atom. The maximum Gasteiger partial charge on any atom is 0.247 e. The van der Waals surface area contributed by atoms with Gasteiger partial charge in [0.1, 0.15) is 17.5 Å². The van der Waals surface area contributed by atoms with E-state index >= 15 is 0 Å². The molecule has 0 saturated carbocycles. The number of rotatable bonds is 3. The molecule has 1 fully saturated rings. The van der Waals surface area contributed by atoms with Crippen LogP contribution in [0.5, 0.6) is 0 Å². The zero-order chi connectivity index (χ0) is 16.2. The third kappa shape index (κ3) is 3.48. The summed E-state index contributed by atoms with van der Waals surface area (Å²) in [4.78, 5) is 24.3. The Balaban J connectivity index is 1.60. The average Bonchev–Trinajstić information content (AvgIpc) is 2.57. The Morgan fingerprint density at radius 1 is 1.39 bits per heavy atom. The number of nitrogens with zero attached hydrogens (tertiary/aromatic N) is 4. The maximum absolute atomic E-state index is 11.1. The second kappa shape index (κ2) is 6.48. The molecule has 0 aliphatic carbocycles. The number of nitrogen functional groups attached to an aromatic ring is 1. The fraction of sp³-hybridized carbons (Fsp3) is 0.375. The molecular formula is C16H18N6O. The zero-order valence-electron chi connectivity index (χ0n) is 12.7. The fourth-order valence-electron chi connectivity index (χ4n) is 2.86. The third-order valence-electron chi connectivity index (χ3n) is 4.20. The van der Waals surface area contributed by atoms with Gasteiger partial charge in [-0.15, -0.1) is 0 Å². The van der Waals surface area contributed by atoms with E-state index in [1.165, 1.54) is 6.20 Å². The van der Waals surface area contributed by atoms with E-state index in [1.807, 2.05) is 12.1 Å². The Labute approximate surface area is 133 Å². The van der Waals surface area contributed by atoms with Crippen LogP contribution in [0.25, 0.3) is 0 Å². The van der Waals surface area contributed by atoms with Gasteiger partial charge in [-0.25, -0.2) is 4.98 Å². The smallest absolute Gasteiger partial charge is 0.247 e. The van der Waals surface area contributed by atoms with Gasteiger partial charge in [-0.2, -0.15) is 10.2 Å². The molecule has 7 heteroatoms. The summed E-state index contributed by atoms with van der Waals surface area (Å²) < 4.78 is 0. The van der Waals surface area contributed by atoms with Crippen LogP contribution in [0, 0.1) is 17.2 Å². The molecule has 1 saturated heterocycles. The fourth-order valence-corrected chi connectivity index (χ4v) is 2.86. The molecule has 118 valence electrons. The van der Waals surface area contributed by atoms with E-state index in [2.05, 4.69) is 19.9 Å². The van der Waals surface area contributed by atoms with Gasteiger partial charge >= 0.3 is 0 Å². The average molecular weight is 310 g/mol. The zero-order valence-corrected chi connectivity index (χ0v) is 12.7. The molecule has 0 amide bonds. The monoisotopic (exact) mass is 310 g/mol. The van der Waals surface area contributed by atoms with E-state index < -0.39 is 0 Å². The number of pyridine rings is 1. The van der Waals surface area contributed by atoms with Crippen molar-refractivity contribution in [1.82, 2.24) is 15.0 Å². The summed E-state index contributed by atoms with van der Waals surface area (Å²) in [6, 6.07) is 5.42. The van der Waals surface area contributed by atoms with E-state index in [0.717, 1.165) is 37.9 Å². The van der Waals surface area contributed by atoms with Crippen molar-refractivity contribution in [1.29, 1.82) is 5.26 Å². The number of aromatic nitrogens is 3. The van der Waals surface area contributed by atoms with Crippen LogP contribution in [0.4, 0.5) is 11.8 Å². The molecule has 1 aliphatic rings. The van der Waals surface area contributed by atoms with Crippen molar-refractivity contribution in [2.75, 3.05) is 23.7 Å². The first-order valence-corrected chi connectivity index (χ1v) is 7.61. The highest BCUT2D eigenvalue weighted by Crippen LogP contribution is 2.24. The molecule has 3 N–H and O–H groups in total. The van der Waals surface area contributed by atoms with Gasteiger partial charge in [-0.1, -0.05) is 6.07 Å². The van der Waals surface area contributed by atoms with E-state index in [1.54, 1.807) is 12.3 Å². The van der Waals surface area contributed by atoms with Crippen LogP contribution in [-0.2, 0) is 6.42 Å². The molecule has 23 heavy (non-hydrogen) atoms. The minimum Gasteiger partial charge on any atom is -0.382 e. The first-order valence-electron chi connectivity index (χ1n) is 7.61. The summed E-state index contributed by atoms with van der Waals surface area (Å²) in [5, 5.41) is 8.87. The second-order valence-electron chi connectivity index (χ2n) is 5.78. The van der Waals surface area contributed by atoms with Crippen LogP contribution in [0.2, 0.25) is 0 Å². The highest BCUT2D eigenvalue weighted by Gasteiger charge is 2.21. The largest absolute Gasteiger partial charge is 0.382 e.